The van der Waals surface area contributed by atoms with Gasteiger partial charge in [0.1, 0.15) is 6.07 Å². The van der Waals surface area contributed by atoms with Crippen LogP contribution in [0.5, 0.6) is 0 Å². The molecule has 5 heteroatoms. The predicted molar refractivity (Wildman–Crippen MR) is 224 cm³/mol. The zero-order valence-electron chi connectivity index (χ0n) is 29.5. The highest BCUT2D eigenvalue weighted by Gasteiger charge is 2.19. The van der Waals surface area contributed by atoms with Crippen molar-refractivity contribution in [3.05, 3.63) is 187 Å². The summed E-state index contributed by atoms with van der Waals surface area (Å²) in [6.45, 7) is 0. The van der Waals surface area contributed by atoms with Gasteiger partial charge in [-0.15, -0.1) is 0 Å². The van der Waals surface area contributed by atoms with Gasteiger partial charge in [0.15, 0.2) is 0 Å². The van der Waals surface area contributed by atoms with Gasteiger partial charge in [0.2, 0.25) is 0 Å². The quantitative estimate of drug-likeness (QED) is 0.184. The lowest BCUT2D eigenvalue weighted by molar-refractivity contribution is 1.16. The van der Waals surface area contributed by atoms with Gasteiger partial charge in [0.05, 0.1) is 56.0 Å². The summed E-state index contributed by atoms with van der Waals surface area (Å²) in [6.07, 6.45) is 0. The molecule has 254 valence electrons. The van der Waals surface area contributed by atoms with Crippen molar-refractivity contribution in [1.82, 2.24) is 13.7 Å². The molecule has 0 saturated carbocycles. The Morgan fingerprint density at radius 1 is 0.327 bits per heavy atom. The third kappa shape index (κ3) is 4.51. The molecule has 55 heavy (non-hydrogen) atoms. The minimum absolute atomic E-state index is 0.561. The lowest BCUT2D eigenvalue weighted by Gasteiger charge is -2.14. The Kier molecular flexibility index (Phi) is 6.61. The van der Waals surface area contributed by atoms with E-state index in [1.807, 2.05) is 42.5 Å². The topological polar surface area (TPSA) is 62.4 Å². The molecule has 11 aromatic rings. The number of fused-ring (bicyclic) bond motifs is 9. The normalized spacial score (nSPS) is 11.6. The average Bonchev–Trinajstić information content (AvgIpc) is 3.88. The largest absolute Gasteiger partial charge is 0.309 e. The third-order valence-electron chi connectivity index (χ3n) is 11.1. The van der Waals surface area contributed by atoms with Crippen LogP contribution >= 0.6 is 0 Å². The summed E-state index contributed by atoms with van der Waals surface area (Å²) in [7, 11) is 0. The van der Waals surface area contributed by atoms with Crippen LogP contribution in [0, 0.1) is 22.7 Å². The number of para-hydroxylation sites is 4. The number of aromatic nitrogens is 3. The zero-order chi connectivity index (χ0) is 36.6. The summed E-state index contributed by atoms with van der Waals surface area (Å²) in [4.78, 5) is 0. The SMILES string of the molecule is N#Cc1ccc2c3ccccc3n(-c3cc(-c4cccc(-n5c6ccccc6c6cc(-n7c8ccccc8c8ccccc87)ccc65)c4)ccc3C#N)c2c1. The summed E-state index contributed by atoms with van der Waals surface area (Å²) in [5, 5.41) is 27.1. The van der Waals surface area contributed by atoms with Crippen molar-refractivity contribution in [2.24, 2.45) is 0 Å². The molecule has 0 amide bonds. The molecule has 0 radical (unpaired) electrons. The average molecular weight is 700 g/mol. The number of nitrogens with zero attached hydrogens (tertiary/aromatic N) is 5. The Hall–Kier alpha value is -7.86. The molecule has 11 rings (SSSR count). The first-order chi connectivity index (χ1) is 27.2. The van der Waals surface area contributed by atoms with Gasteiger partial charge in [-0.3, -0.25) is 0 Å². The number of nitriles is 2. The molecule has 0 atom stereocenters. The van der Waals surface area contributed by atoms with Crippen LogP contribution in [-0.4, -0.2) is 13.7 Å². The third-order valence-corrected chi connectivity index (χ3v) is 11.1. The molecule has 0 saturated heterocycles. The lowest BCUT2D eigenvalue weighted by atomic mass is 10.0. The van der Waals surface area contributed by atoms with E-state index >= 15 is 0 Å². The van der Waals surface area contributed by atoms with E-state index in [2.05, 4.69) is 159 Å². The van der Waals surface area contributed by atoms with Crippen molar-refractivity contribution in [2.45, 2.75) is 0 Å². The highest BCUT2D eigenvalue weighted by Crippen LogP contribution is 2.39. The van der Waals surface area contributed by atoms with Crippen molar-refractivity contribution >= 4 is 65.4 Å². The molecule has 0 N–H and O–H groups in total. The molecule has 0 spiro atoms. The zero-order valence-corrected chi connectivity index (χ0v) is 29.5. The Labute approximate surface area is 316 Å². The highest BCUT2D eigenvalue weighted by molar-refractivity contribution is 6.13. The van der Waals surface area contributed by atoms with E-state index in [4.69, 9.17) is 0 Å². The van der Waals surface area contributed by atoms with E-state index in [0.717, 1.165) is 61.0 Å². The summed E-state index contributed by atoms with van der Waals surface area (Å²) >= 11 is 0. The van der Waals surface area contributed by atoms with Gasteiger partial charge < -0.3 is 13.7 Å². The lowest BCUT2D eigenvalue weighted by Crippen LogP contribution is -1.99. The fourth-order valence-electron chi connectivity index (χ4n) is 8.69. The second-order valence-corrected chi connectivity index (χ2v) is 14.0. The highest BCUT2D eigenvalue weighted by atomic mass is 15.0. The maximum Gasteiger partial charge on any atom is 0.101 e. The standard InChI is InChI=1S/C50H29N5/c51-30-32-20-24-42-40-14-3-8-19-47(40)55(50(42)26-32)49-28-34(21-22-35(49)31-52)33-10-9-11-36(27-33)53-46-18-7-4-15-41(46)43-29-37(23-25-48(43)53)54-44-16-5-1-12-38(44)39-13-2-6-17-45(39)54/h1-29H. The number of benzene rings is 8. The van der Waals surface area contributed by atoms with E-state index < -0.39 is 0 Å². The maximum absolute atomic E-state index is 10.4. The van der Waals surface area contributed by atoms with Crippen LogP contribution < -0.4 is 0 Å². The van der Waals surface area contributed by atoms with E-state index in [1.54, 1.807) is 0 Å². The summed E-state index contributed by atoms with van der Waals surface area (Å²) < 4.78 is 6.85. The van der Waals surface area contributed by atoms with Crippen molar-refractivity contribution in [3.8, 4) is 40.3 Å². The van der Waals surface area contributed by atoms with E-state index in [1.165, 1.54) is 32.6 Å². The predicted octanol–water partition coefficient (Wildman–Crippen LogP) is 12.4. The molecular formula is C50H29N5. The van der Waals surface area contributed by atoms with E-state index in [-0.39, 0.29) is 0 Å². The first-order valence-corrected chi connectivity index (χ1v) is 18.3. The summed E-state index contributed by atoms with van der Waals surface area (Å²) in [5.41, 5.74) is 12.6. The van der Waals surface area contributed by atoms with Crippen LogP contribution in [0.4, 0.5) is 0 Å². The Morgan fingerprint density at radius 2 is 0.855 bits per heavy atom. The van der Waals surface area contributed by atoms with Crippen molar-refractivity contribution in [1.29, 1.82) is 10.5 Å². The Bertz CT molecular complexity index is 3420. The second-order valence-electron chi connectivity index (χ2n) is 14.0. The minimum atomic E-state index is 0.561. The second kappa shape index (κ2) is 11.8. The van der Waals surface area contributed by atoms with Gasteiger partial charge in [0, 0.05) is 43.7 Å². The van der Waals surface area contributed by atoms with Crippen LogP contribution in [0.25, 0.3) is 93.6 Å². The smallest absolute Gasteiger partial charge is 0.101 e. The number of rotatable bonds is 4. The molecule has 0 unspecified atom stereocenters. The van der Waals surface area contributed by atoms with Gasteiger partial charge >= 0.3 is 0 Å². The first kappa shape index (κ1) is 30.7. The van der Waals surface area contributed by atoms with Crippen LogP contribution in [0.3, 0.4) is 0 Å². The monoisotopic (exact) mass is 699 g/mol. The molecule has 8 aromatic carbocycles. The summed E-state index contributed by atoms with van der Waals surface area (Å²) in [5.74, 6) is 0. The molecule has 0 aliphatic heterocycles. The van der Waals surface area contributed by atoms with Gasteiger partial charge in [-0.05, 0) is 90.0 Å². The molecule has 3 aromatic heterocycles. The van der Waals surface area contributed by atoms with Gasteiger partial charge in [0.25, 0.3) is 0 Å². The van der Waals surface area contributed by atoms with Crippen LogP contribution in [-0.2, 0) is 0 Å². The Balaban J connectivity index is 1.09. The van der Waals surface area contributed by atoms with Crippen molar-refractivity contribution in [3.63, 3.8) is 0 Å². The van der Waals surface area contributed by atoms with E-state index in [0.29, 0.717) is 11.1 Å². The van der Waals surface area contributed by atoms with Crippen molar-refractivity contribution in [2.75, 3.05) is 0 Å². The van der Waals surface area contributed by atoms with E-state index in [9.17, 15) is 10.5 Å². The van der Waals surface area contributed by atoms with Gasteiger partial charge in [-0.1, -0.05) is 97.1 Å². The van der Waals surface area contributed by atoms with Crippen molar-refractivity contribution < 1.29 is 0 Å². The molecule has 0 bridgehead atoms. The molecule has 3 heterocycles. The van der Waals surface area contributed by atoms with Crippen LogP contribution in [0.1, 0.15) is 11.1 Å². The fourth-order valence-corrected chi connectivity index (χ4v) is 8.69. The first-order valence-electron chi connectivity index (χ1n) is 18.3. The Morgan fingerprint density at radius 3 is 1.47 bits per heavy atom. The molecular weight excluding hydrogens is 671 g/mol. The number of hydrogen-bond acceptors (Lipinski definition) is 2. The summed E-state index contributed by atoms with van der Waals surface area (Å²) in [6, 6.07) is 66.1. The molecule has 0 aliphatic carbocycles. The fraction of sp³-hybridized carbons (Fsp3) is 0. The van der Waals surface area contributed by atoms with Crippen LogP contribution in [0.15, 0.2) is 176 Å². The molecule has 0 fully saturated rings. The molecule has 5 nitrogen and oxygen atoms in total. The van der Waals surface area contributed by atoms with Gasteiger partial charge in [-0.2, -0.15) is 10.5 Å². The number of hydrogen-bond donors (Lipinski definition) is 0. The maximum atomic E-state index is 10.4. The minimum Gasteiger partial charge on any atom is -0.309 e. The van der Waals surface area contributed by atoms with Crippen LogP contribution in [0.2, 0.25) is 0 Å². The molecule has 0 aliphatic rings. The van der Waals surface area contributed by atoms with Gasteiger partial charge in [-0.25, -0.2) is 0 Å².